The monoisotopic (exact) mass is 419 g/mol. The fourth-order valence-corrected chi connectivity index (χ4v) is 3.94. The highest BCUT2D eigenvalue weighted by Gasteiger charge is 2.23. The van der Waals surface area contributed by atoms with E-state index >= 15 is 0 Å². The molecule has 1 amide bonds. The summed E-state index contributed by atoms with van der Waals surface area (Å²) in [6, 6.07) is 28.3. The summed E-state index contributed by atoms with van der Waals surface area (Å²) in [6.07, 6.45) is 0. The van der Waals surface area contributed by atoms with E-state index in [4.69, 9.17) is 11.6 Å². The standard InChI is InChI=1S/C25H26ClN3O/c26-22-11-13-24(14-12-22)29(19-21-7-3-1-4-8-21)20-25(30)28-17-15-27(16-18-28)23-9-5-2-6-10-23/h1-14H,15-20H2. The number of rotatable bonds is 6. The summed E-state index contributed by atoms with van der Waals surface area (Å²) in [7, 11) is 0. The molecule has 3 aromatic carbocycles. The number of piperazine rings is 1. The first-order valence-corrected chi connectivity index (χ1v) is 10.7. The summed E-state index contributed by atoms with van der Waals surface area (Å²) in [4.78, 5) is 19.6. The Kier molecular flexibility index (Phi) is 6.55. The van der Waals surface area contributed by atoms with Gasteiger partial charge in [0.25, 0.3) is 0 Å². The molecule has 0 aliphatic carbocycles. The molecule has 4 nitrogen and oxygen atoms in total. The van der Waals surface area contributed by atoms with Gasteiger partial charge in [-0.1, -0.05) is 60.1 Å². The van der Waals surface area contributed by atoms with Crippen LogP contribution >= 0.6 is 11.6 Å². The maximum atomic E-state index is 13.1. The highest BCUT2D eigenvalue weighted by atomic mass is 35.5. The number of hydrogen-bond donors (Lipinski definition) is 0. The topological polar surface area (TPSA) is 26.8 Å². The first-order valence-electron chi connectivity index (χ1n) is 10.3. The summed E-state index contributed by atoms with van der Waals surface area (Å²) in [5, 5.41) is 0.696. The predicted octanol–water partition coefficient (Wildman–Crippen LogP) is 4.70. The van der Waals surface area contributed by atoms with Gasteiger partial charge in [0.05, 0.1) is 6.54 Å². The van der Waals surface area contributed by atoms with Crippen LogP contribution in [0.2, 0.25) is 5.02 Å². The van der Waals surface area contributed by atoms with Crippen LogP contribution in [0.4, 0.5) is 11.4 Å². The Morgan fingerprint density at radius 3 is 2.03 bits per heavy atom. The Morgan fingerprint density at radius 1 is 0.800 bits per heavy atom. The largest absolute Gasteiger partial charge is 0.368 e. The number of benzene rings is 3. The fraction of sp³-hybridized carbons (Fsp3) is 0.240. The van der Waals surface area contributed by atoms with Gasteiger partial charge in [-0.05, 0) is 42.0 Å². The third-order valence-electron chi connectivity index (χ3n) is 5.49. The molecule has 0 atom stereocenters. The van der Waals surface area contributed by atoms with Gasteiger partial charge >= 0.3 is 0 Å². The molecule has 0 saturated carbocycles. The van der Waals surface area contributed by atoms with Crippen molar-refractivity contribution in [1.82, 2.24) is 4.90 Å². The number of hydrogen-bond acceptors (Lipinski definition) is 3. The fourth-order valence-electron chi connectivity index (χ4n) is 3.81. The molecule has 3 aromatic rings. The number of para-hydroxylation sites is 1. The lowest BCUT2D eigenvalue weighted by Gasteiger charge is -2.37. The zero-order valence-corrected chi connectivity index (χ0v) is 17.7. The lowest BCUT2D eigenvalue weighted by atomic mass is 10.2. The predicted molar refractivity (Wildman–Crippen MR) is 124 cm³/mol. The molecular weight excluding hydrogens is 394 g/mol. The van der Waals surface area contributed by atoms with Gasteiger partial charge in [-0.2, -0.15) is 0 Å². The maximum absolute atomic E-state index is 13.1. The third kappa shape index (κ3) is 5.14. The lowest BCUT2D eigenvalue weighted by molar-refractivity contribution is -0.130. The molecule has 0 radical (unpaired) electrons. The van der Waals surface area contributed by atoms with E-state index in [2.05, 4.69) is 46.2 Å². The third-order valence-corrected chi connectivity index (χ3v) is 5.74. The van der Waals surface area contributed by atoms with Gasteiger partial charge < -0.3 is 14.7 Å². The average molecular weight is 420 g/mol. The molecule has 1 aliphatic heterocycles. The molecular formula is C25H26ClN3O. The van der Waals surface area contributed by atoms with Gasteiger partial charge in [-0.25, -0.2) is 0 Å². The van der Waals surface area contributed by atoms with Crippen LogP contribution in [0.5, 0.6) is 0 Å². The molecule has 1 saturated heterocycles. The van der Waals surface area contributed by atoms with Gasteiger partial charge in [0.15, 0.2) is 0 Å². The number of carbonyl (C=O) groups excluding carboxylic acids is 1. The molecule has 1 aliphatic rings. The van der Waals surface area contributed by atoms with Gasteiger partial charge in [0, 0.05) is 49.1 Å². The van der Waals surface area contributed by atoms with Crippen molar-refractivity contribution in [2.24, 2.45) is 0 Å². The van der Waals surface area contributed by atoms with Gasteiger partial charge in [0.2, 0.25) is 5.91 Å². The van der Waals surface area contributed by atoms with Crippen molar-refractivity contribution < 1.29 is 4.79 Å². The molecule has 0 unspecified atom stereocenters. The van der Waals surface area contributed by atoms with Crippen LogP contribution in [0.3, 0.4) is 0 Å². The molecule has 5 heteroatoms. The summed E-state index contributed by atoms with van der Waals surface area (Å²) < 4.78 is 0. The number of carbonyl (C=O) groups is 1. The second-order valence-corrected chi connectivity index (χ2v) is 7.96. The second-order valence-electron chi connectivity index (χ2n) is 7.52. The van der Waals surface area contributed by atoms with Crippen molar-refractivity contribution in [3.63, 3.8) is 0 Å². The quantitative estimate of drug-likeness (QED) is 0.579. The summed E-state index contributed by atoms with van der Waals surface area (Å²) >= 11 is 6.07. The SMILES string of the molecule is O=C(CN(Cc1ccccc1)c1ccc(Cl)cc1)N1CCN(c2ccccc2)CC1. The molecule has 0 spiro atoms. The highest BCUT2D eigenvalue weighted by Crippen LogP contribution is 2.21. The first-order chi connectivity index (χ1) is 14.7. The van der Waals surface area contributed by atoms with Crippen molar-refractivity contribution in [3.05, 3.63) is 95.5 Å². The minimum absolute atomic E-state index is 0.161. The molecule has 1 heterocycles. The van der Waals surface area contributed by atoms with Crippen molar-refractivity contribution in [2.45, 2.75) is 6.54 Å². The minimum Gasteiger partial charge on any atom is -0.368 e. The summed E-state index contributed by atoms with van der Waals surface area (Å²) in [6.45, 7) is 4.23. The van der Waals surface area contributed by atoms with Crippen molar-refractivity contribution in [2.75, 3.05) is 42.5 Å². The molecule has 1 fully saturated rings. The van der Waals surface area contributed by atoms with Crippen LogP contribution in [0.25, 0.3) is 0 Å². The summed E-state index contributed by atoms with van der Waals surface area (Å²) in [5.41, 5.74) is 3.39. The number of amides is 1. The first kappa shape index (κ1) is 20.3. The zero-order valence-electron chi connectivity index (χ0n) is 17.0. The Morgan fingerprint density at radius 2 is 1.40 bits per heavy atom. The minimum atomic E-state index is 0.161. The van der Waals surface area contributed by atoms with Gasteiger partial charge in [0.1, 0.15) is 0 Å². The number of anilines is 2. The van der Waals surface area contributed by atoms with E-state index < -0.39 is 0 Å². The van der Waals surface area contributed by atoms with Crippen molar-refractivity contribution in [1.29, 1.82) is 0 Å². The van der Waals surface area contributed by atoms with Crippen LogP contribution in [-0.2, 0) is 11.3 Å². The number of halogens is 1. The molecule has 4 rings (SSSR count). The Balaban J connectivity index is 1.42. The van der Waals surface area contributed by atoms with Crippen molar-refractivity contribution in [3.8, 4) is 0 Å². The Labute approximate surface area is 183 Å². The van der Waals surface area contributed by atoms with E-state index in [0.29, 0.717) is 18.1 Å². The van der Waals surface area contributed by atoms with Crippen LogP contribution in [0, 0.1) is 0 Å². The Hall–Kier alpha value is -2.98. The highest BCUT2D eigenvalue weighted by molar-refractivity contribution is 6.30. The molecule has 0 aromatic heterocycles. The van der Waals surface area contributed by atoms with Crippen LogP contribution < -0.4 is 9.80 Å². The van der Waals surface area contributed by atoms with Crippen LogP contribution in [-0.4, -0.2) is 43.5 Å². The van der Waals surface area contributed by atoms with Crippen molar-refractivity contribution >= 4 is 28.9 Å². The molecule has 0 N–H and O–H groups in total. The van der Waals surface area contributed by atoms with E-state index in [-0.39, 0.29) is 5.91 Å². The lowest BCUT2D eigenvalue weighted by Crippen LogP contribution is -2.51. The van der Waals surface area contributed by atoms with Crippen LogP contribution in [0.15, 0.2) is 84.9 Å². The smallest absolute Gasteiger partial charge is 0.242 e. The normalized spacial score (nSPS) is 13.9. The molecule has 0 bridgehead atoms. The van der Waals surface area contributed by atoms with E-state index in [0.717, 1.165) is 31.9 Å². The Bertz CT molecular complexity index is 939. The molecule has 154 valence electrons. The van der Waals surface area contributed by atoms with E-state index in [1.165, 1.54) is 11.3 Å². The molecule has 30 heavy (non-hydrogen) atoms. The maximum Gasteiger partial charge on any atom is 0.242 e. The second kappa shape index (κ2) is 9.68. The number of nitrogens with zero attached hydrogens (tertiary/aromatic N) is 3. The zero-order chi connectivity index (χ0) is 20.8. The summed E-state index contributed by atoms with van der Waals surface area (Å²) in [5.74, 6) is 0.161. The van der Waals surface area contributed by atoms with E-state index in [1.54, 1.807) is 0 Å². The van der Waals surface area contributed by atoms with Gasteiger partial charge in [-0.3, -0.25) is 4.79 Å². The average Bonchev–Trinajstić information content (AvgIpc) is 2.80. The van der Waals surface area contributed by atoms with E-state index in [1.807, 2.05) is 53.4 Å². The van der Waals surface area contributed by atoms with Crippen LogP contribution in [0.1, 0.15) is 5.56 Å². The van der Waals surface area contributed by atoms with Gasteiger partial charge in [-0.15, -0.1) is 0 Å². The van der Waals surface area contributed by atoms with E-state index in [9.17, 15) is 4.79 Å².